The third-order valence-electron chi connectivity index (χ3n) is 3.67. The van der Waals surface area contributed by atoms with Crippen LogP contribution < -0.4 is 0 Å². The van der Waals surface area contributed by atoms with E-state index in [2.05, 4.69) is 4.98 Å². The zero-order valence-corrected chi connectivity index (χ0v) is 14.5. The van der Waals surface area contributed by atoms with Gasteiger partial charge in [-0.15, -0.1) is 0 Å². The lowest BCUT2D eigenvalue weighted by atomic mass is 9.90. The number of carbonyl (C=O) groups excluding carboxylic acids is 2. The van der Waals surface area contributed by atoms with Crippen LogP contribution in [-0.4, -0.2) is 47.7 Å². The highest BCUT2D eigenvalue weighted by molar-refractivity contribution is 6.31. The Hall–Kier alpha value is -1.82. The SMILES string of the molecule is COC(=O)[C@@H]1CN(C(=O)OC(C)(C)C)C[C@@H]1c1cnccc1Cl. The van der Waals surface area contributed by atoms with Gasteiger partial charge in [-0.05, 0) is 32.4 Å². The summed E-state index contributed by atoms with van der Waals surface area (Å²) in [6, 6.07) is 1.67. The average Bonchev–Trinajstić information content (AvgIpc) is 2.90. The summed E-state index contributed by atoms with van der Waals surface area (Å²) in [7, 11) is 1.33. The Bertz CT molecular complexity index is 600. The van der Waals surface area contributed by atoms with Crippen LogP contribution in [0.2, 0.25) is 5.02 Å². The third kappa shape index (κ3) is 4.13. The van der Waals surface area contributed by atoms with Crippen molar-refractivity contribution >= 4 is 23.7 Å². The second kappa shape index (κ2) is 6.74. The number of halogens is 1. The second-order valence-electron chi connectivity index (χ2n) is 6.52. The molecule has 0 spiro atoms. The lowest BCUT2D eigenvalue weighted by molar-refractivity contribution is -0.145. The number of rotatable bonds is 2. The predicted molar refractivity (Wildman–Crippen MR) is 85.3 cm³/mol. The summed E-state index contributed by atoms with van der Waals surface area (Å²) in [6.07, 6.45) is 2.76. The van der Waals surface area contributed by atoms with Crippen LogP contribution in [0, 0.1) is 5.92 Å². The van der Waals surface area contributed by atoms with Crippen molar-refractivity contribution in [3.63, 3.8) is 0 Å². The molecule has 6 nitrogen and oxygen atoms in total. The molecule has 1 aliphatic heterocycles. The molecule has 0 aromatic carbocycles. The van der Waals surface area contributed by atoms with Crippen LogP contribution in [0.3, 0.4) is 0 Å². The van der Waals surface area contributed by atoms with Crippen LogP contribution in [0.25, 0.3) is 0 Å². The Labute approximate surface area is 140 Å². The van der Waals surface area contributed by atoms with Gasteiger partial charge in [0.05, 0.1) is 13.0 Å². The molecule has 0 bridgehead atoms. The Kier molecular flexibility index (Phi) is 5.14. The van der Waals surface area contributed by atoms with Gasteiger partial charge in [0, 0.05) is 36.4 Å². The molecule has 0 unspecified atom stereocenters. The van der Waals surface area contributed by atoms with E-state index in [9.17, 15) is 9.59 Å². The Morgan fingerprint density at radius 3 is 2.61 bits per heavy atom. The van der Waals surface area contributed by atoms with Crippen molar-refractivity contribution in [2.75, 3.05) is 20.2 Å². The number of hydrogen-bond donors (Lipinski definition) is 0. The summed E-state index contributed by atoms with van der Waals surface area (Å²) >= 11 is 6.22. The van der Waals surface area contributed by atoms with Gasteiger partial charge in [0.1, 0.15) is 5.60 Å². The van der Waals surface area contributed by atoms with Crippen LogP contribution in [0.15, 0.2) is 18.5 Å². The van der Waals surface area contributed by atoms with Gasteiger partial charge < -0.3 is 14.4 Å². The fraction of sp³-hybridized carbons (Fsp3) is 0.562. The fourth-order valence-corrected chi connectivity index (χ4v) is 2.89. The first-order valence-electron chi connectivity index (χ1n) is 7.38. The minimum Gasteiger partial charge on any atom is -0.469 e. The van der Waals surface area contributed by atoms with Crippen molar-refractivity contribution in [2.45, 2.75) is 32.3 Å². The van der Waals surface area contributed by atoms with E-state index in [4.69, 9.17) is 21.1 Å². The van der Waals surface area contributed by atoms with E-state index < -0.39 is 17.6 Å². The van der Waals surface area contributed by atoms with E-state index in [1.54, 1.807) is 39.2 Å². The number of ether oxygens (including phenoxy) is 2. The molecule has 126 valence electrons. The topological polar surface area (TPSA) is 68.7 Å². The molecular formula is C16H21ClN2O4. The minimum absolute atomic E-state index is 0.234. The highest BCUT2D eigenvalue weighted by atomic mass is 35.5. The summed E-state index contributed by atoms with van der Waals surface area (Å²) in [4.78, 5) is 30.0. The molecule has 1 amide bonds. The number of esters is 1. The minimum atomic E-state index is -0.595. The van der Waals surface area contributed by atoms with Gasteiger partial charge in [-0.1, -0.05) is 11.6 Å². The highest BCUT2D eigenvalue weighted by Gasteiger charge is 2.43. The number of methoxy groups -OCH3 is 1. The number of likely N-dealkylation sites (tertiary alicyclic amines) is 1. The van der Waals surface area contributed by atoms with Crippen LogP contribution in [0.5, 0.6) is 0 Å². The monoisotopic (exact) mass is 340 g/mol. The zero-order chi connectivity index (χ0) is 17.2. The summed E-state index contributed by atoms with van der Waals surface area (Å²) in [5, 5.41) is 0.518. The molecule has 1 aliphatic rings. The smallest absolute Gasteiger partial charge is 0.410 e. The summed E-state index contributed by atoms with van der Waals surface area (Å²) in [5.41, 5.74) is 0.137. The molecule has 0 aliphatic carbocycles. The molecule has 2 rings (SSSR count). The molecule has 1 aromatic rings. The predicted octanol–water partition coefficient (Wildman–Crippen LogP) is 2.86. The first kappa shape index (κ1) is 17.5. The van der Waals surface area contributed by atoms with Gasteiger partial charge in [-0.2, -0.15) is 0 Å². The van der Waals surface area contributed by atoms with Gasteiger partial charge in [0.25, 0.3) is 0 Å². The van der Waals surface area contributed by atoms with Crippen LogP contribution >= 0.6 is 11.6 Å². The number of carbonyl (C=O) groups is 2. The number of hydrogen-bond acceptors (Lipinski definition) is 5. The van der Waals surface area contributed by atoms with Gasteiger partial charge in [0.2, 0.25) is 0 Å². The second-order valence-corrected chi connectivity index (χ2v) is 6.93. The van der Waals surface area contributed by atoms with E-state index in [1.807, 2.05) is 0 Å². The molecule has 1 fully saturated rings. The Morgan fingerprint density at radius 2 is 2.04 bits per heavy atom. The molecule has 0 radical (unpaired) electrons. The molecule has 0 N–H and O–H groups in total. The first-order valence-corrected chi connectivity index (χ1v) is 7.76. The van der Waals surface area contributed by atoms with Crippen molar-refractivity contribution in [1.82, 2.24) is 9.88 Å². The maximum atomic E-state index is 12.3. The van der Waals surface area contributed by atoms with Crippen LogP contribution in [0.1, 0.15) is 32.3 Å². The maximum Gasteiger partial charge on any atom is 0.410 e. The van der Waals surface area contributed by atoms with Gasteiger partial charge >= 0.3 is 12.1 Å². The fourth-order valence-electron chi connectivity index (χ4n) is 2.65. The van der Waals surface area contributed by atoms with Crippen LogP contribution in [-0.2, 0) is 14.3 Å². The van der Waals surface area contributed by atoms with E-state index >= 15 is 0 Å². The summed E-state index contributed by atoms with van der Waals surface area (Å²) in [6.45, 7) is 5.97. The number of nitrogens with zero attached hydrogens (tertiary/aromatic N) is 2. The van der Waals surface area contributed by atoms with Crippen LogP contribution in [0.4, 0.5) is 4.79 Å². The Morgan fingerprint density at radius 1 is 1.35 bits per heavy atom. The zero-order valence-electron chi connectivity index (χ0n) is 13.7. The van der Waals surface area contributed by atoms with E-state index in [0.717, 1.165) is 5.56 Å². The largest absolute Gasteiger partial charge is 0.469 e. The van der Waals surface area contributed by atoms with E-state index in [1.165, 1.54) is 12.0 Å². The summed E-state index contributed by atoms with van der Waals surface area (Å²) < 4.78 is 10.3. The van der Waals surface area contributed by atoms with Gasteiger partial charge in [0.15, 0.2) is 0 Å². The number of aromatic nitrogens is 1. The van der Waals surface area contributed by atoms with Crippen molar-refractivity contribution in [3.05, 3.63) is 29.0 Å². The molecule has 0 saturated carbocycles. The van der Waals surface area contributed by atoms with Crippen molar-refractivity contribution < 1.29 is 19.1 Å². The van der Waals surface area contributed by atoms with Crippen molar-refractivity contribution in [2.24, 2.45) is 5.92 Å². The quantitative estimate of drug-likeness (QED) is 0.774. The van der Waals surface area contributed by atoms with Gasteiger partial charge in [-0.3, -0.25) is 9.78 Å². The Balaban J connectivity index is 2.25. The summed E-state index contributed by atoms with van der Waals surface area (Å²) in [5.74, 6) is -1.13. The molecule has 1 aromatic heterocycles. The number of pyridine rings is 1. The highest BCUT2D eigenvalue weighted by Crippen LogP contribution is 2.37. The number of amides is 1. The molecular weight excluding hydrogens is 320 g/mol. The van der Waals surface area contributed by atoms with Gasteiger partial charge in [-0.25, -0.2) is 4.79 Å². The van der Waals surface area contributed by atoms with E-state index in [0.29, 0.717) is 11.6 Å². The normalized spacial score (nSPS) is 21.2. The van der Waals surface area contributed by atoms with Crippen molar-refractivity contribution in [1.29, 1.82) is 0 Å². The molecule has 7 heteroatoms. The molecule has 2 heterocycles. The maximum absolute atomic E-state index is 12.3. The third-order valence-corrected chi connectivity index (χ3v) is 4.02. The lowest BCUT2D eigenvalue weighted by Gasteiger charge is -2.24. The standard InChI is InChI=1S/C16H21ClN2O4/c1-16(2,3)23-15(21)19-8-11(12(9-19)14(20)22-4)10-7-18-6-5-13(10)17/h5-7,11-12H,8-9H2,1-4H3/t11-,12-/m1/s1. The molecule has 1 saturated heterocycles. The lowest BCUT2D eigenvalue weighted by Crippen LogP contribution is -2.36. The molecule has 23 heavy (non-hydrogen) atoms. The van der Waals surface area contributed by atoms with Crippen molar-refractivity contribution in [3.8, 4) is 0 Å². The van der Waals surface area contributed by atoms with E-state index in [-0.39, 0.29) is 18.4 Å². The molecule has 2 atom stereocenters. The average molecular weight is 341 g/mol. The first-order chi connectivity index (χ1) is 10.7.